The Kier molecular flexibility index (Phi) is 12.4. The van der Waals surface area contributed by atoms with E-state index >= 15 is 0 Å². The van der Waals surface area contributed by atoms with E-state index in [1.54, 1.807) is 0 Å². The molecule has 0 aromatic carbocycles. The molecule has 1 aliphatic heterocycles. The molecule has 1 heterocycles. The summed E-state index contributed by atoms with van der Waals surface area (Å²) in [6.07, 6.45) is 8.33. The van der Waals surface area contributed by atoms with Crippen molar-refractivity contribution < 1.29 is 14.3 Å². The topological polar surface area (TPSA) is 50.8 Å². The highest BCUT2D eigenvalue weighted by Gasteiger charge is 2.23. The van der Waals surface area contributed by atoms with Crippen LogP contribution in [0.3, 0.4) is 0 Å². The molecule has 1 saturated heterocycles. The number of carbonyl (C=O) groups excluding carboxylic acids is 1. The number of nitrogens with one attached hydrogen (secondary N) is 1. The van der Waals surface area contributed by atoms with Crippen molar-refractivity contribution in [3.05, 3.63) is 12.7 Å². The molecule has 1 N–H and O–H groups in total. The lowest BCUT2D eigenvalue weighted by Crippen LogP contribution is -2.39. The number of likely N-dealkylation sites (tertiary alicyclic amines) is 1. The Morgan fingerprint density at radius 1 is 1.24 bits per heavy atom. The molecular formula is C20H38N2O3. The SMILES string of the molecule is C=CCCNCCCCOCCC1CCN(C(=O)OCC(C)C)CC1. The van der Waals surface area contributed by atoms with E-state index in [4.69, 9.17) is 9.47 Å². The molecule has 0 aliphatic carbocycles. The van der Waals surface area contributed by atoms with Crippen molar-refractivity contribution in [2.75, 3.05) is 46.0 Å². The van der Waals surface area contributed by atoms with Gasteiger partial charge in [-0.2, -0.15) is 0 Å². The van der Waals surface area contributed by atoms with Crippen molar-refractivity contribution >= 4 is 6.09 Å². The van der Waals surface area contributed by atoms with Gasteiger partial charge in [0.15, 0.2) is 0 Å². The van der Waals surface area contributed by atoms with E-state index in [0.717, 1.165) is 77.9 Å². The average Bonchev–Trinajstić information content (AvgIpc) is 2.61. The van der Waals surface area contributed by atoms with Gasteiger partial charge in [-0.15, -0.1) is 6.58 Å². The number of amides is 1. The number of nitrogens with zero attached hydrogens (tertiary/aromatic N) is 1. The lowest BCUT2D eigenvalue weighted by Gasteiger charge is -2.31. The number of carbonyl (C=O) groups is 1. The number of rotatable bonds is 13. The fourth-order valence-electron chi connectivity index (χ4n) is 2.87. The summed E-state index contributed by atoms with van der Waals surface area (Å²) >= 11 is 0. The molecule has 0 saturated carbocycles. The van der Waals surface area contributed by atoms with Crippen LogP contribution in [0.15, 0.2) is 12.7 Å². The Balaban J connectivity index is 1.93. The summed E-state index contributed by atoms with van der Waals surface area (Å²) in [6.45, 7) is 13.7. The zero-order chi connectivity index (χ0) is 18.3. The lowest BCUT2D eigenvalue weighted by molar-refractivity contribution is 0.0703. The van der Waals surface area contributed by atoms with E-state index in [2.05, 4.69) is 25.7 Å². The van der Waals surface area contributed by atoms with Crippen LogP contribution in [0, 0.1) is 11.8 Å². The predicted molar refractivity (Wildman–Crippen MR) is 103 cm³/mol. The largest absolute Gasteiger partial charge is 0.449 e. The molecule has 5 nitrogen and oxygen atoms in total. The highest BCUT2D eigenvalue weighted by atomic mass is 16.6. The first-order valence-corrected chi connectivity index (χ1v) is 9.94. The molecule has 25 heavy (non-hydrogen) atoms. The van der Waals surface area contributed by atoms with Crippen LogP contribution in [0.25, 0.3) is 0 Å². The van der Waals surface area contributed by atoms with Gasteiger partial charge in [-0.05, 0) is 63.5 Å². The Morgan fingerprint density at radius 3 is 2.68 bits per heavy atom. The van der Waals surface area contributed by atoms with Gasteiger partial charge in [0, 0.05) is 26.3 Å². The maximum absolute atomic E-state index is 11.9. The molecule has 1 aliphatic rings. The third-order valence-corrected chi connectivity index (χ3v) is 4.50. The maximum Gasteiger partial charge on any atom is 0.409 e. The van der Waals surface area contributed by atoms with E-state index in [-0.39, 0.29) is 6.09 Å². The monoisotopic (exact) mass is 354 g/mol. The van der Waals surface area contributed by atoms with Crippen LogP contribution in [0.1, 0.15) is 52.4 Å². The zero-order valence-corrected chi connectivity index (χ0v) is 16.3. The lowest BCUT2D eigenvalue weighted by atomic mass is 9.94. The third-order valence-electron chi connectivity index (χ3n) is 4.50. The predicted octanol–water partition coefficient (Wildman–Crippen LogP) is 3.84. The first-order valence-electron chi connectivity index (χ1n) is 9.94. The molecule has 0 aromatic heterocycles. The summed E-state index contributed by atoms with van der Waals surface area (Å²) < 4.78 is 11.1. The standard InChI is InChI=1S/C20H38N2O3/c1-4-5-11-21-12-6-7-15-24-16-10-19-8-13-22(14-9-19)20(23)25-17-18(2)3/h4,18-19,21H,1,5-17H2,2-3H3. The average molecular weight is 355 g/mol. The Morgan fingerprint density at radius 2 is 2.00 bits per heavy atom. The zero-order valence-electron chi connectivity index (χ0n) is 16.3. The minimum Gasteiger partial charge on any atom is -0.449 e. The number of piperidine rings is 1. The highest BCUT2D eigenvalue weighted by molar-refractivity contribution is 5.67. The van der Waals surface area contributed by atoms with Crippen molar-refractivity contribution in [1.29, 1.82) is 0 Å². The van der Waals surface area contributed by atoms with Gasteiger partial charge < -0.3 is 19.7 Å². The van der Waals surface area contributed by atoms with Crippen LogP contribution in [0.4, 0.5) is 4.79 Å². The number of hydrogen-bond acceptors (Lipinski definition) is 4. The molecule has 0 aromatic rings. The molecule has 0 radical (unpaired) electrons. The van der Waals surface area contributed by atoms with Gasteiger partial charge in [-0.1, -0.05) is 19.9 Å². The quantitative estimate of drug-likeness (QED) is 0.403. The second-order valence-corrected chi connectivity index (χ2v) is 7.34. The summed E-state index contributed by atoms with van der Waals surface area (Å²) in [5.41, 5.74) is 0. The molecule has 0 unspecified atom stereocenters. The van der Waals surface area contributed by atoms with Crippen LogP contribution in [0.5, 0.6) is 0 Å². The number of ether oxygens (including phenoxy) is 2. The van der Waals surface area contributed by atoms with Crippen molar-refractivity contribution in [2.24, 2.45) is 11.8 Å². The summed E-state index contributed by atoms with van der Waals surface area (Å²) in [7, 11) is 0. The van der Waals surface area contributed by atoms with Crippen LogP contribution in [-0.2, 0) is 9.47 Å². The van der Waals surface area contributed by atoms with Crippen LogP contribution in [0.2, 0.25) is 0 Å². The van der Waals surface area contributed by atoms with Crippen molar-refractivity contribution in [2.45, 2.75) is 52.4 Å². The van der Waals surface area contributed by atoms with Gasteiger partial charge in [0.05, 0.1) is 6.61 Å². The molecule has 0 bridgehead atoms. The molecule has 0 atom stereocenters. The number of hydrogen-bond donors (Lipinski definition) is 1. The Labute approximate surface area is 154 Å². The second kappa shape index (κ2) is 14.1. The van der Waals surface area contributed by atoms with Crippen LogP contribution < -0.4 is 5.32 Å². The van der Waals surface area contributed by atoms with Gasteiger partial charge in [-0.3, -0.25) is 0 Å². The van der Waals surface area contributed by atoms with Gasteiger partial charge >= 0.3 is 6.09 Å². The summed E-state index contributed by atoms with van der Waals surface area (Å²) in [5.74, 6) is 1.07. The minimum atomic E-state index is -0.148. The molecule has 0 spiro atoms. The first-order chi connectivity index (χ1) is 12.1. The van der Waals surface area contributed by atoms with E-state index in [1.807, 2.05) is 11.0 Å². The molecular weight excluding hydrogens is 316 g/mol. The van der Waals surface area contributed by atoms with E-state index in [1.165, 1.54) is 0 Å². The summed E-state index contributed by atoms with van der Waals surface area (Å²) in [6, 6.07) is 0. The molecule has 1 fully saturated rings. The molecule has 1 rings (SSSR count). The fraction of sp³-hybridized carbons (Fsp3) is 0.850. The van der Waals surface area contributed by atoms with Crippen molar-refractivity contribution in [3.8, 4) is 0 Å². The van der Waals surface area contributed by atoms with E-state index in [0.29, 0.717) is 18.4 Å². The fourth-order valence-corrected chi connectivity index (χ4v) is 2.87. The maximum atomic E-state index is 11.9. The third kappa shape index (κ3) is 11.2. The van der Waals surface area contributed by atoms with Crippen molar-refractivity contribution in [3.63, 3.8) is 0 Å². The smallest absolute Gasteiger partial charge is 0.409 e. The Bertz CT molecular complexity index is 353. The summed E-state index contributed by atoms with van der Waals surface area (Å²) in [4.78, 5) is 13.8. The summed E-state index contributed by atoms with van der Waals surface area (Å²) in [5, 5.41) is 3.39. The van der Waals surface area contributed by atoms with Crippen LogP contribution in [-0.4, -0.2) is 57.0 Å². The van der Waals surface area contributed by atoms with Crippen molar-refractivity contribution in [1.82, 2.24) is 10.2 Å². The first kappa shape index (κ1) is 22.0. The highest BCUT2D eigenvalue weighted by Crippen LogP contribution is 2.21. The van der Waals surface area contributed by atoms with Gasteiger partial charge in [0.1, 0.15) is 0 Å². The van der Waals surface area contributed by atoms with E-state index < -0.39 is 0 Å². The van der Waals surface area contributed by atoms with Gasteiger partial charge in [0.25, 0.3) is 0 Å². The minimum absolute atomic E-state index is 0.148. The van der Waals surface area contributed by atoms with Gasteiger partial charge in [-0.25, -0.2) is 4.79 Å². The molecule has 5 heteroatoms. The normalized spacial score (nSPS) is 15.6. The molecule has 146 valence electrons. The number of unbranched alkanes of at least 4 members (excludes halogenated alkanes) is 1. The Hall–Kier alpha value is -1.07. The molecule has 1 amide bonds. The van der Waals surface area contributed by atoms with Gasteiger partial charge in [0.2, 0.25) is 0 Å². The van der Waals surface area contributed by atoms with E-state index in [9.17, 15) is 4.79 Å². The van der Waals surface area contributed by atoms with Crippen LogP contribution >= 0.6 is 0 Å². The second-order valence-electron chi connectivity index (χ2n) is 7.34.